The summed E-state index contributed by atoms with van der Waals surface area (Å²) in [5.41, 5.74) is 2.65. The summed E-state index contributed by atoms with van der Waals surface area (Å²) in [6.07, 6.45) is 4.70. The van der Waals surface area contributed by atoms with Crippen molar-refractivity contribution in [1.29, 1.82) is 0 Å². The topological polar surface area (TPSA) is 86.5 Å². The van der Waals surface area contributed by atoms with Gasteiger partial charge in [0.2, 0.25) is 0 Å². The second-order valence-corrected chi connectivity index (χ2v) is 8.07. The molecule has 2 atom stereocenters. The normalized spacial score (nSPS) is 22.0. The zero-order valence-corrected chi connectivity index (χ0v) is 16.1. The van der Waals surface area contributed by atoms with E-state index < -0.39 is 0 Å². The molecule has 5 rings (SSSR count). The Bertz CT molecular complexity index is 1020. The Morgan fingerprint density at radius 3 is 2.93 bits per heavy atom. The minimum Gasteiger partial charge on any atom is -0.392 e. The third kappa shape index (κ3) is 4.04. The number of benzene rings is 1. The number of nitrogens with zero attached hydrogens (tertiary/aromatic N) is 3. The first kappa shape index (κ1) is 18.3. The molecule has 4 N–H and O–H groups in total. The van der Waals surface area contributed by atoms with Crippen LogP contribution < -0.4 is 16.0 Å². The maximum atomic E-state index is 13.6. The largest absolute Gasteiger partial charge is 0.392 e. The number of halogens is 1. The highest BCUT2D eigenvalue weighted by molar-refractivity contribution is 5.66. The van der Waals surface area contributed by atoms with Gasteiger partial charge >= 0.3 is 0 Å². The molecule has 29 heavy (non-hydrogen) atoms. The second-order valence-electron chi connectivity index (χ2n) is 8.07. The summed E-state index contributed by atoms with van der Waals surface area (Å²) in [5, 5.41) is 24.3. The molecule has 0 amide bonds. The summed E-state index contributed by atoms with van der Waals surface area (Å²) in [4.78, 5) is 4.81. The summed E-state index contributed by atoms with van der Waals surface area (Å²) < 4.78 is 15.4. The van der Waals surface area contributed by atoms with Gasteiger partial charge in [-0.3, -0.25) is 0 Å². The Labute approximate surface area is 168 Å². The molecule has 0 radical (unpaired) electrons. The van der Waals surface area contributed by atoms with Crippen molar-refractivity contribution in [3.8, 4) is 0 Å². The highest BCUT2D eigenvalue weighted by atomic mass is 19.1. The number of hydrogen-bond donors (Lipinski definition) is 4. The van der Waals surface area contributed by atoms with E-state index in [0.29, 0.717) is 24.1 Å². The van der Waals surface area contributed by atoms with E-state index in [-0.39, 0.29) is 11.9 Å². The number of aliphatic hydroxyl groups is 1. The Balaban J connectivity index is 1.44. The van der Waals surface area contributed by atoms with Crippen molar-refractivity contribution in [2.24, 2.45) is 5.92 Å². The first-order chi connectivity index (χ1) is 14.2. The van der Waals surface area contributed by atoms with Gasteiger partial charge in [-0.15, -0.1) is 0 Å². The predicted molar refractivity (Wildman–Crippen MR) is 110 cm³/mol. The maximum absolute atomic E-state index is 13.6. The summed E-state index contributed by atoms with van der Waals surface area (Å²) in [6, 6.07) is 8.28. The third-order valence-corrected chi connectivity index (χ3v) is 5.60. The molecule has 1 saturated carbocycles. The summed E-state index contributed by atoms with van der Waals surface area (Å²) in [7, 11) is 0. The fourth-order valence-electron chi connectivity index (χ4n) is 3.97. The van der Waals surface area contributed by atoms with Gasteiger partial charge in [0.15, 0.2) is 5.65 Å². The van der Waals surface area contributed by atoms with Gasteiger partial charge in [0, 0.05) is 30.4 Å². The highest BCUT2D eigenvalue weighted by Crippen LogP contribution is 2.42. The van der Waals surface area contributed by atoms with Crippen LogP contribution >= 0.6 is 0 Å². The number of piperidine rings is 1. The number of aromatic nitrogens is 3. The fourth-order valence-corrected chi connectivity index (χ4v) is 3.97. The molecule has 1 saturated heterocycles. The smallest absolute Gasteiger partial charge is 0.163 e. The molecule has 1 aromatic carbocycles. The molecule has 1 aliphatic carbocycles. The number of fused-ring (bicyclic) bond motifs is 1. The van der Waals surface area contributed by atoms with Crippen molar-refractivity contribution in [2.75, 3.05) is 30.3 Å². The van der Waals surface area contributed by atoms with Gasteiger partial charge in [-0.1, -0.05) is 6.07 Å². The van der Waals surface area contributed by atoms with Gasteiger partial charge < -0.3 is 21.1 Å². The van der Waals surface area contributed by atoms with E-state index in [1.165, 1.54) is 25.0 Å². The molecule has 0 bridgehead atoms. The standard InChI is InChI=1S/C21H25FN6O/c22-15-2-1-3-16(7-15)26-20-8-19(24-10-13-6-17(29)11-23-9-13)27-21-18(14-4-5-14)12-25-28(20)21/h1-3,7-8,12-14,17,23,26,29H,4-6,9-11H2,(H,24,27)/t13-,17-/m1/s1. The average Bonchev–Trinajstić information content (AvgIpc) is 3.46. The van der Waals surface area contributed by atoms with Crippen LogP contribution in [0.3, 0.4) is 0 Å². The molecule has 1 aliphatic heterocycles. The van der Waals surface area contributed by atoms with Crippen LogP contribution in [-0.2, 0) is 0 Å². The molecule has 0 spiro atoms. The van der Waals surface area contributed by atoms with E-state index in [1.54, 1.807) is 10.6 Å². The van der Waals surface area contributed by atoms with E-state index in [4.69, 9.17) is 4.98 Å². The number of β-amino-alcohol motifs (C(OH)–C–C–N with tert-alkyl or cyclic N) is 1. The van der Waals surface area contributed by atoms with Gasteiger partial charge in [-0.05, 0) is 55.8 Å². The SMILES string of the molecule is O[C@H]1CNC[C@H](CNc2cc(Nc3cccc(F)c3)n3ncc(C4CC4)c3n2)C1. The monoisotopic (exact) mass is 396 g/mol. The molecule has 7 nitrogen and oxygen atoms in total. The van der Waals surface area contributed by atoms with Gasteiger partial charge in [0.25, 0.3) is 0 Å². The number of hydrogen-bond acceptors (Lipinski definition) is 6. The van der Waals surface area contributed by atoms with Crippen molar-refractivity contribution in [2.45, 2.75) is 31.3 Å². The van der Waals surface area contributed by atoms with Crippen LogP contribution in [0.4, 0.5) is 21.7 Å². The molecule has 2 aromatic heterocycles. The van der Waals surface area contributed by atoms with Crippen LogP contribution in [0.5, 0.6) is 0 Å². The Hall–Kier alpha value is -2.71. The van der Waals surface area contributed by atoms with Crippen LogP contribution in [0.25, 0.3) is 5.65 Å². The lowest BCUT2D eigenvalue weighted by molar-refractivity contribution is 0.117. The van der Waals surface area contributed by atoms with Gasteiger partial charge in [-0.25, -0.2) is 9.37 Å². The molecule has 3 aromatic rings. The van der Waals surface area contributed by atoms with Crippen LogP contribution in [-0.4, -0.2) is 45.4 Å². The quantitative estimate of drug-likeness (QED) is 0.513. The van der Waals surface area contributed by atoms with E-state index in [1.807, 2.05) is 18.3 Å². The molecular formula is C21H25FN6O. The molecule has 3 heterocycles. The van der Waals surface area contributed by atoms with Crippen LogP contribution in [0.2, 0.25) is 0 Å². The van der Waals surface area contributed by atoms with Gasteiger partial charge in [-0.2, -0.15) is 9.61 Å². The van der Waals surface area contributed by atoms with Crippen molar-refractivity contribution in [3.63, 3.8) is 0 Å². The van der Waals surface area contributed by atoms with E-state index in [9.17, 15) is 9.50 Å². The van der Waals surface area contributed by atoms with Crippen LogP contribution in [0, 0.1) is 11.7 Å². The average molecular weight is 396 g/mol. The van der Waals surface area contributed by atoms with Crippen LogP contribution in [0.15, 0.2) is 36.5 Å². The zero-order chi connectivity index (χ0) is 19.8. The molecular weight excluding hydrogens is 371 g/mol. The van der Waals surface area contributed by atoms with Gasteiger partial charge in [0.1, 0.15) is 17.5 Å². The second kappa shape index (κ2) is 7.61. The number of rotatable bonds is 6. The third-order valence-electron chi connectivity index (χ3n) is 5.60. The molecule has 152 valence electrons. The minimum atomic E-state index is -0.299. The Morgan fingerprint density at radius 2 is 2.14 bits per heavy atom. The summed E-state index contributed by atoms with van der Waals surface area (Å²) in [6.45, 7) is 2.25. The summed E-state index contributed by atoms with van der Waals surface area (Å²) in [5.74, 6) is 2.05. The highest BCUT2D eigenvalue weighted by Gasteiger charge is 2.28. The Kier molecular flexibility index (Phi) is 4.81. The lowest BCUT2D eigenvalue weighted by atomic mass is 9.98. The minimum absolute atomic E-state index is 0.291. The molecule has 8 heteroatoms. The van der Waals surface area contributed by atoms with Gasteiger partial charge in [0.05, 0.1) is 12.3 Å². The molecule has 2 aliphatic rings. The van der Waals surface area contributed by atoms with Crippen LogP contribution in [0.1, 0.15) is 30.7 Å². The lowest BCUT2D eigenvalue weighted by Crippen LogP contribution is -2.41. The number of nitrogens with one attached hydrogen (secondary N) is 3. The number of aliphatic hydroxyl groups excluding tert-OH is 1. The lowest BCUT2D eigenvalue weighted by Gasteiger charge is -2.27. The van der Waals surface area contributed by atoms with Crippen molar-refractivity contribution in [3.05, 3.63) is 47.9 Å². The summed E-state index contributed by atoms with van der Waals surface area (Å²) >= 11 is 0. The van der Waals surface area contributed by atoms with E-state index >= 15 is 0 Å². The molecule has 0 unspecified atom stereocenters. The Morgan fingerprint density at radius 1 is 1.24 bits per heavy atom. The molecule has 2 fully saturated rings. The zero-order valence-electron chi connectivity index (χ0n) is 16.1. The van der Waals surface area contributed by atoms with E-state index in [2.05, 4.69) is 21.0 Å². The van der Waals surface area contributed by atoms with Crippen molar-refractivity contribution < 1.29 is 9.50 Å². The fraction of sp³-hybridized carbons (Fsp3) is 0.429. The van der Waals surface area contributed by atoms with Crippen molar-refractivity contribution in [1.82, 2.24) is 19.9 Å². The first-order valence-corrected chi connectivity index (χ1v) is 10.2. The maximum Gasteiger partial charge on any atom is 0.163 e. The number of anilines is 3. The van der Waals surface area contributed by atoms with Crippen molar-refractivity contribution >= 4 is 23.0 Å². The first-order valence-electron chi connectivity index (χ1n) is 10.2. The predicted octanol–water partition coefficient (Wildman–Crippen LogP) is 2.87. The van der Waals surface area contributed by atoms with E-state index in [0.717, 1.165) is 42.4 Å².